The summed E-state index contributed by atoms with van der Waals surface area (Å²) in [6.07, 6.45) is 5.23. The molecule has 2 fully saturated rings. The predicted octanol–water partition coefficient (Wildman–Crippen LogP) is 11.8. The number of nitrogens with one attached hydrogen (secondary N) is 1. The number of carbonyl (C=O) groups excluding carboxylic acids is 10. The van der Waals surface area contributed by atoms with E-state index in [1.165, 1.54) is 0 Å². The van der Waals surface area contributed by atoms with Crippen molar-refractivity contribution in [3.63, 3.8) is 0 Å². The number of carbonyl (C=O) groups is 10. The smallest absolute Gasteiger partial charge is 0.225 e. The molecule has 0 radical (unpaired) electrons. The van der Waals surface area contributed by atoms with Crippen LogP contribution in [-0.4, -0.2) is 220 Å². The molecule has 0 aliphatic carbocycles. The highest BCUT2D eigenvalue weighted by molar-refractivity contribution is 5.92. The van der Waals surface area contributed by atoms with Gasteiger partial charge in [-0.25, -0.2) is 0 Å². The first kappa shape index (κ1) is 92.7. The molecular weight excluding hydrogens is 1260 g/mol. The zero-order chi connectivity index (χ0) is 76.5. The Balaban J connectivity index is 0.000000990. The SMILES string of the molecule is CC[C@H](CC(=O)[C@H](C)[C@@H](OC)[C@@H]1CCCN1C(=O)C[C@@H](OC)[C@H]([C@@H](C)CC)N(C)C(=O)[C@H](C)CC(=O)[C@@H](NC)C(C)C)C(=O)CC(C)(C)C.CC[C@H](CC(=O)[C@H](C)[C@@H](OC)[C@@H]1CCCN1C(=O)C[C@@H](OC)[C@H]([C@@H](C)CC)N(C)C(=O)[C@H](C)CC(=O)[C@H](C(C)C)N(C)C)C(=O)CC(C)(C)C. The number of nitrogens with zero attached hydrogens (tertiary/aromatic N) is 5. The van der Waals surface area contributed by atoms with E-state index in [-0.39, 0.29) is 179 Å². The molecule has 0 saturated carbocycles. The summed E-state index contributed by atoms with van der Waals surface area (Å²) in [4.78, 5) is 144. The number of likely N-dealkylation sites (tertiary alicyclic amines) is 2. The van der Waals surface area contributed by atoms with Crippen LogP contribution in [0.1, 0.15) is 241 Å². The number of rotatable bonds is 44. The molecule has 2 heterocycles. The van der Waals surface area contributed by atoms with Gasteiger partial charge in [0.15, 0.2) is 11.6 Å². The summed E-state index contributed by atoms with van der Waals surface area (Å²) in [5.41, 5.74) is -0.287. The number of Topliss-reactive ketones (excluding diaryl/α,β-unsaturated/α-hetero) is 6. The van der Waals surface area contributed by atoms with Gasteiger partial charge < -0.3 is 43.9 Å². The van der Waals surface area contributed by atoms with Crippen LogP contribution in [-0.2, 0) is 66.9 Å². The molecule has 2 saturated heterocycles. The van der Waals surface area contributed by atoms with Gasteiger partial charge in [0.25, 0.3) is 0 Å². The van der Waals surface area contributed by atoms with Gasteiger partial charge in [-0.1, -0.05) is 151 Å². The van der Waals surface area contributed by atoms with E-state index < -0.39 is 48.1 Å². The zero-order valence-electron chi connectivity index (χ0n) is 67.7. The molecule has 4 amide bonds. The first-order valence-corrected chi connectivity index (χ1v) is 37.7. The van der Waals surface area contributed by atoms with Crippen molar-refractivity contribution in [1.29, 1.82) is 0 Å². The van der Waals surface area contributed by atoms with Gasteiger partial charge in [-0.05, 0) is 94.2 Å². The van der Waals surface area contributed by atoms with Crippen LogP contribution in [0.15, 0.2) is 0 Å². The van der Waals surface area contributed by atoms with Gasteiger partial charge in [0.1, 0.15) is 23.1 Å². The van der Waals surface area contributed by atoms with Crippen LogP contribution in [0, 0.1) is 70.0 Å². The summed E-state index contributed by atoms with van der Waals surface area (Å²) in [5, 5.41) is 3.07. The highest BCUT2D eigenvalue weighted by Crippen LogP contribution is 2.35. The zero-order valence-corrected chi connectivity index (χ0v) is 67.7. The second-order valence-corrected chi connectivity index (χ2v) is 32.9. The van der Waals surface area contributed by atoms with E-state index in [1.54, 1.807) is 73.2 Å². The summed E-state index contributed by atoms with van der Waals surface area (Å²) in [6, 6.07) is -1.92. The Morgan fingerprint density at radius 1 is 0.455 bits per heavy atom. The number of hydrogen-bond acceptors (Lipinski definition) is 16. The Labute approximate surface area is 601 Å². The van der Waals surface area contributed by atoms with Crippen molar-refractivity contribution in [2.45, 2.75) is 302 Å². The van der Waals surface area contributed by atoms with E-state index in [9.17, 15) is 47.9 Å². The van der Waals surface area contributed by atoms with E-state index in [0.717, 1.165) is 25.7 Å². The lowest BCUT2D eigenvalue weighted by Gasteiger charge is -2.40. The quantitative estimate of drug-likeness (QED) is 0.0597. The van der Waals surface area contributed by atoms with Crippen LogP contribution in [0.5, 0.6) is 0 Å². The molecule has 0 bridgehead atoms. The maximum absolute atomic E-state index is 14.1. The van der Waals surface area contributed by atoms with Crippen molar-refractivity contribution in [2.75, 3.05) is 76.8 Å². The van der Waals surface area contributed by atoms with Gasteiger partial charge in [0.05, 0.1) is 73.5 Å². The summed E-state index contributed by atoms with van der Waals surface area (Å²) in [7, 11) is 15.4. The molecule has 574 valence electrons. The number of ketones is 6. The summed E-state index contributed by atoms with van der Waals surface area (Å²) in [5.74, 6) is -2.63. The lowest BCUT2D eigenvalue weighted by molar-refractivity contribution is -0.148. The second-order valence-electron chi connectivity index (χ2n) is 32.9. The maximum Gasteiger partial charge on any atom is 0.225 e. The lowest BCUT2D eigenvalue weighted by Crippen LogP contribution is -2.53. The van der Waals surface area contributed by atoms with Crippen LogP contribution in [0.4, 0.5) is 0 Å². The molecule has 2 aliphatic heterocycles. The van der Waals surface area contributed by atoms with Crippen molar-refractivity contribution < 1.29 is 66.9 Å². The molecule has 18 atom stereocenters. The molecular formula is C79H144N6O14. The first-order valence-electron chi connectivity index (χ1n) is 37.7. The topological polar surface area (TPSA) is 236 Å². The summed E-state index contributed by atoms with van der Waals surface area (Å²) >= 11 is 0. The molecule has 0 aromatic rings. The minimum atomic E-state index is -0.570. The first-order chi connectivity index (χ1) is 46.0. The van der Waals surface area contributed by atoms with Gasteiger partial charge in [-0.15, -0.1) is 0 Å². The van der Waals surface area contributed by atoms with Crippen molar-refractivity contribution in [3.8, 4) is 0 Å². The fourth-order valence-corrected chi connectivity index (χ4v) is 15.7. The Kier molecular flexibility index (Phi) is 40.9. The van der Waals surface area contributed by atoms with Gasteiger partial charge in [0, 0.05) is 130 Å². The monoisotopic (exact) mass is 1400 g/mol. The normalized spacial score (nSPS) is 20.2. The van der Waals surface area contributed by atoms with E-state index in [1.807, 2.05) is 126 Å². The third-order valence-electron chi connectivity index (χ3n) is 21.6. The van der Waals surface area contributed by atoms with Crippen LogP contribution in [0.3, 0.4) is 0 Å². The molecule has 0 aromatic carbocycles. The van der Waals surface area contributed by atoms with Gasteiger partial charge in [0.2, 0.25) is 23.6 Å². The van der Waals surface area contributed by atoms with Crippen LogP contribution < -0.4 is 5.32 Å². The predicted molar refractivity (Wildman–Crippen MR) is 395 cm³/mol. The minimum absolute atomic E-state index is 0.00696. The Morgan fingerprint density at radius 2 is 0.798 bits per heavy atom. The number of hydrogen-bond donors (Lipinski definition) is 1. The van der Waals surface area contributed by atoms with Gasteiger partial charge in [-0.3, -0.25) is 52.8 Å². The fraction of sp³-hybridized carbons (Fsp3) is 0.873. The Morgan fingerprint density at radius 3 is 1.06 bits per heavy atom. The Bertz CT molecular complexity index is 2540. The average Bonchev–Trinajstić information content (AvgIpc) is 1.79. The molecule has 0 unspecified atom stereocenters. The summed E-state index contributed by atoms with van der Waals surface area (Å²) in [6.45, 7) is 40.7. The highest BCUT2D eigenvalue weighted by atomic mass is 16.5. The van der Waals surface area contributed by atoms with Crippen LogP contribution in [0.2, 0.25) is 0 Å². The maximum atomic E-state index is 14.1. The van der Waals surface area contributed by atoms with Crippen molar-refractivity contribution in [1.82, 2.24) is 29.8 Å². The standard InChI is InChI=1S/C40H73N3O7.C39H71N3O7/c1-16-26(5)37(42(13)39(48)27(6)21-32(45)36(25(3)4)41(11)12)34(49-14)23-35(47)43-20-18-19-30(43)38(50-15)28(7)31(44)22-29(17-2)33(46)24-40(8,9)10;1-15-25(5)36(41(12)38(47)26(6)20-31(44)35(40-11)24(3)4)33(48-13)22-34(46)42-19-17-18-29(42)37(49-14)27(7)30(43)21-28(16-2)32(45)23-39(8,9)10/h25-30,34,36-38H,16-24H2,1-15H3;24-29,33,35-37,40H,15-23H2,1-14H3/t26-,27+,28-,29+,30-,34+,36-,37-,38+;25-,26+,27-,28+,29-,33+,35-,36-,37+/m00/s1. The molecule has 2 aliphatic rings. The average molecular weight is 1400 g/mol. The largest absolute Gasteiger partial charge is 0.379 e. The molecule has 2 rings (SSSR count). The number of likely N-dealkylation sites (N-methyl/N-ethyl adjacent to an activating group) is 4. The van der Waals surface area contributed by atoms with E-state index in [0.29, 0.717) is 51.6 Å². The minimum Gasteiger partial charge on any atom is -0.379 e. The molecule has 20 nitrogen and oxygen atoms in total. The second kappa shape index (κ2) is 43.7. The third kappa shape index (κ3) is 28.0. The lowest BCUT2D eigenvalue weighted by atomic mass is 9.81. The molecule has 0 spiro atoms. The van der Waals surface area contributed by atoms with E-state index >= 15 is 0 Å². The number of methoxy groups -OCH3 is 4. The summed E-state index contributed by atoms with van der Waals surface area (Å²) < 4.78 is 23.8. The van der Waals surface area contributed by atoms with Crippen molar-refractivity contribution >= 4 is 58.3 Å². The van der Waals surface area contributed by atoms with Crippen LogP contribution in [0.25, 0.3) is 0 Å². The van der Waals surface area contributed by atoms with Crippen molar-refractivity contribution in [3.05, 3.63) is 0 Å². The van der Waals surface area contributed by atoms with Crippen molar-refractivity contribution in [2.24, 2.45) is 70.0 Å². The highest BCUT2D eigenvalue weighted by Gasteiger charge is 2.46. The van der Waals surface area contributed by atoms with E-state index in [2.05, 4.69) is 33.0 Å². The molecule has 0 aromatic heterocycles. The Hall–Kier alpha value is -4.34. The molecule has 20 heteroatoms. The fourth-order valence-electron chi connectivity index (χ4n) is 15.7. The molecule has 99 heavy (non-hydrogen) atoms. The van der Waals surface area contributed by atoms with Gasteiger partial charge in [-0.2, -0.15) is 0 Å². The van der Waals surface area contributed by atoms with Gasteiger partial charge >= 0.3 is 0 Å². The van der Waals surface area contributed by atoms with Crippen LogP contribution >= 0.6 is 0 Å². The molecule has 1 N–H and O–H groups in total. The van der Waals surface area contributed by atoms with E-state index in [4.69, 9.17) is 18.9 Å². The third-order valence-corrected chi connectivity index (χ3v) is 21.6. The number of ether oxygens (including phenoxy) is 4. The number of amides is 4.